The maximum absolute atomic E-state index is 13.2. The van der Waals surface area contributed by atoms with E-state index in [2.05, 4.69) is 15.6 Å². The highest BCUT2D eigenvalue weighted by molar-refractivity contribution is 7.08. The number of rotatable bonds is 9. The number of fused-ring (bicyclic) bond motifs is 1. The first-order valence-electron chi connectivity index (χ1n) is 14.0. The molecule has 1 N–H and O–H groups in total. The predicted molar refractivity (Wildman–Crippen MR) is 164 cm³/mol. The number of piperidine rings is 1. The van der Waals surface area contributed by atoms with E-state index < -0.39 is 0 Å². The summed E-state index contributed by atoms with van der Waals surface area (Å²) in [7, 11) is 0. The van der Waals surface area contributed by atoms with Gasteiger partial charge in [0.1, 0.15) is 17.8 Å². The van der Waals surface area contributed by atoms with Crippen molar-refractivity contribution < 1.29 is 9.53 Å². The normalized spacial score (nSPS) is 15.2. The molecule has 5 aromatic rings. The van der Waals surface area contributed by atoms with Crippen LogP contribution in [0, 0.1) is 5.92 Å². The monoisotopic (exact) mass is 567 g/mol. The van der Waals surface area contributed by atoms with E-state index in [4.69, 9.17) is 19.7 Å². The number of nitrogens with zero attached hydrogens (tertiary/aromatic N) is 6. The lowest BCUT2D eigenvalue weighted by Gasteiger charge is -2.34. The molecule has 10 heteroatoms. The van der Waals surface area contributed by atoms with Crippen LogP contribution in [0.15, 0.2) is 77.8 Å². The first-order chi connectivity index (χ1) is 20.1. The zero-order valence-electron chi connectivity index (χ0n) is 23.2. The average molecular weight is 568 g/mol. The van der Waals surface area contributed by atoms with Gasteiger partial charge in [0.2, 0.25) is 11.9 Å². The van der Waals surface area contributed by atoms with Gasteiger partial charge in [0.05, 0.1) is 11.6 Å². The quantitative estimate of drug-likeness (QED) is 0.218. The zero-order chi connectivity index (χ0) is 28.2. The Bertz CT molecular complexity index is 1600. The standard InChI is InChI=1S/C31H33N7O2S/c1-3-36(4-2)30(39)22-9-8-17-37(19-22)31-34-28(27-29(35-31)38(21-32-27)24-16-18-41-20-24)33-23-12-14-26(15-13-23)40-25-10-6-5-7-11-25/h5-7,10-16,18,20-22H,3-4,8-9,17,19H2,1-2H3,(H,33,34,35). The van der Waals surface area contributed by atoms with Gasteiger partial charge >= 0.3 is 0 Å². The molecule has 9 nitrogen and oxygen atoms in total. The van der Waals surface area contributed by atoms with Crippen LogP contribution in [0.4, 0.5) is 17.5 Å². The first kappa shape index (κ1) is 26.8. The number of anilines is 3. The summed E-state index contributed by atoms with van der Waals surface area (Å²) in [6, 6.07) is 19.5. The molecule has 0 aliphatic carbocycles. The number of hydrogen-bond acceptors (Lipinski definition) is 8. The van der Waals surface area contributed by atoms with Gasteiger partial charge in [-0.1, -0.05) is 18.2 Å². The van der Waals surface area contributed by atoms with Crippen LogP contribution in [0.25, 0.3) is 16.9 Å². The number of hydrogen-bond donors (Lipinski definition) is 1. The van der Waals surface area contributed by atoms with Gasteiger partial charge in [-0.05, 0) is 74.5 Å². The number of amides is 1. The summed E-state index contributed by atoms with van der Waals surface area (Å²) >= 11 is 1.63. The van der Waals surface area contributed by atoms with Gasteiger partial charge in [-0.25, -0.2) is 4.98 Å². The van der Waals surface area contributed by atoms with E-state index in [0.717, 1.165) is 61.0 Å². The van der Waals surface area contributed by atoms with Crippen LogP contribution in [0.1, 0.15) is 26.7 Å². The van der Waals surface area contributed by atoms with Gasteiger partial charge in [-0.3, -0.25) is 9.36 Å². The second-order valence-corrected chi connectivity index (χ2v) is 10.8. The van der Waals surface area contributed by atoms with E-state index in [-0.39, 0.29) is 11.8 Å². The minimum Gasteiger partial charge on any atom is -0.457 e. The van der Waals surface area contributed by atoms with Gasteiger partial charge in [0.25, 0.3) is 0 Å². The number of para-hydroxylation sites is 1. The first-order valence-corrected chi connectivity index (χ1v) is 15.0. The molecule has 1 amide bonds. The second-order valence-electron chi connectivity index (χ2n) is 10.0. The van der Waals surface area contributed by atoms with E-state index in [9.17, 15) is 4.79 Å². The molecular weight excluding hydrogens is 534 g/mol. The molecule has 2 aromatic carbocycles. The topological polar surface area (TPSA) is 88.4 Å². The fraction of sp³-hybridized carbons (Fsp3) is 0.290. The lowest BCUT2D eigenvalue weighted by Crippen LogP contribution is -2.45. The smallest absolute Gasteiger partial charge is 0.229 e. The van der Waals surface area contributed by atoms with Crippen molar-refractivity contribution in [1.29, 1.82) is 0 Å². The van der Waals surface area contributed by atoms with Gasteiger partial charge in [-0.2, -0.15) is 21.3 Å². The van der Waals surface area contributed by atoms with Crippen LogP contribution in [-0.2, 0) is 4.79 Å². The third-order valence-electron chi connectivity index (χ3n) is 7.39. The van der Waals surface area contributed by atoms with E-state index in [1.54, 1.807) is 17.7 Å². The lowest BCUT2D eigenvalue weighted by atomic mass is 9.96. The molecule has 1 aliphatic rings. The minimum atomic E-state index is -0.0710. The fourth-order valence-corrected chi connectivity index (χ4v) is 5.85. The summed E-state index contributed by atoms with van der Waals surface area (Å²) in [6.45, 7) is 6.89. The summed E-state index contributed by atoms with van der Waals surface area (Å²) < 4.78 is 7.94. The molecule has 1 unspecified atom stereocenters. The van der Waals surface area contributed by atoms with Gasteiger partial charge in [0.15, 0.2) is 17.0 Å². The van der Waals surface area contributed by atoms with Crippen molar-refractivity contribution in [1.82, 2.24) is 24.4 Å². The Balaban J connectivity index is 1.31. The average Bonchev–Trinajstić information content (AvgIpc) is 3.70. The summed E-state index contributed by atoms with van der Waals surface area (Å²) in [5, 5.41) is 7.57. The molecule has 1 fully saturated rings. The molecular formula is C31H33N7O2S. The summed E-state index contributed by atoms with van der Waals surface area (Å²) in [5.41, 5.74) is 3.26. The highest BCUT2D eigenvalue weighted by Gasteiger charge is 2.30. The van der Waals surface area contributed by atoms with E-state index in [0.29, 0.717) is 23.8 Å². The molecule has 1 saturated heterocycles. The number of carbonyl (C=O) groups excluding carboxylic acids is 1. The number of ether oxygens (including phenoxy) is 1. The highest BCUT2D eigenvalue weighted by Crippen LogP contribution is 2.31. The Kier molecular flexibility index (Phi) is 7.82. The Morgan fingerprint density at radius 3 is 2.56 bits per heavy atom. The molecule has 41 heavy (non-hydrogen) atoms. The molecule has 0 radical (unpaired) electrons. The van der Waals surface area contributed by atoms with Crippen molar-refractivity contribution >= 4 is 45.9 Å². The number of thiophene rings is 1. The van der Waals surface area contributed by atoms with Crippen molar-refractivity contribution in [2.24, 2.45) is 5.92 Å². The third kappa shape index (κ3) is 5.74. The van der Waals surface area contributed by atoms with Gasteiger partial charge in [0, 0.05) is 37.2 Å². The van der Waals surface area contributed by atoms with Gasteiger partial charge in [-0.15, -0.1) is 0 Å². The van der Waals surface area contributed by atoms with Crippen molar-refractivity contribution in [3.63, 3.8) is 0 Å². The molecule has 6 rings (SSSR count). The predicted octanol–water partition coefficient (Wildman–Crippen LogP) is 6.50. The van der Waals surface area contributed by atoms with Crippen LogP contribution < -0.4 is 15.0 Å². The summed E-state index contributed by atoms with van der Waals surface area (Å²) in [6.07, 6.45) is 3.58. The largest absolute Gasteiger partial charge is 0.457 e. The van der Waals surface area contributed by atoms with E-state index >= 15 is 0 Å². The minimum absolute atomic E-state index is 0.0710. The van der Waals surface area contributed by atoms with Crippen LogP contribution in [0.2, 0.25) is 0 Å². The van der Waals surface area contributed by atoms with Crippen molar-refractivity contribution in [3.05, 3.63) is 77.8 Å². The van der Waals surface area contributed by atoms with Crippen molar-refractivity contribution in [3.8, 4) is 17.2 Å². The van der Waals surface area contributed by atoms with E-state index in [1.807, 2.05) is 89.4 Å². The van der Waals surface area contributed by atoms with Crippen LogP contribution in [-0.4, -0.2) is 56.5 Å². The Labute approximate surface area is 243 Å². The molecule has 1 aliphatic heterocycles. The SMILES string of the molecule is CCN(CC)C(=O)C1CCCN(c2nc(Nc3ccc(Oc4ccccc4)cc3)c3ncn(-c4ccsc4)c3n2)C1. The van der Waals surface area contributed by atoms with Crippen LogP contribution in [0.3, 0.4) is 0 Å². The third-order valence-corrected chi connectivity index (χ3v) is 8.06. The Hall–Kier alpha value is -4.44. The Morgan fingerprint density at radius 1 is 1.05 bits per heavy atom. The Morgan fingerprint density at radius 2 is 1.83 bits per heavy atom. The molecule has 0 spiro atoms. The van der Waals surface area contributed by atoms with Crippen LogP contribution >= 0.6 is 11.3 Å². The molecule has 0 saturated carbocycles. The van der Waals surface area contributed by atoms with Crippen molar-refractivity contribution in [2.45, 2.75) is 26.7 Å². The number of benzene rings is 2. The molecule has 210 valence electrons. The van der Waals surface area contributed by atoms with E-state index in [1.165, 1.54) is 0 Å². The summed E-state index contributed by atoms with van der Waals surface area (Å²) in [4.78, 5) is 31.9. The zero-order valence-corrected chi connectivity index (χ0v) is 24.1. The van der Waals surface area contributed by atoms with Crippen LogP contribution in [0.5, 0.6) is 11.5 Å². The maximum atomic E-state index is 13.2. The maximum Gasteiger partial charge on any atom is 0.229 e. The highest BCUT2D eigenvalue weighted by atomic mass is 32.1. The molecule has 0 bridgehead atoms. The molecule has 4 heterocycles. The number of aromatic nitrogens is 4. The lowest BCUT2D eigenvalue weighted by molar-refractivity contribution is -0.135. The van der Waals surface area contributed by atoms with Crippen molar-refractivity contribution in [2.75, 3.05) is 36.4 Å². The number of imidazole rings is 1. The summed E-state index contributed by atoms with van der Waals surface area (Å²) in [5.74, 6) is 2.88. The second kappa shape index (κ2) is 12.0. The number of carbonyl (C=O) groups is 1. The molecule has 1 atom stereocenters. The fourth-order valence-electron chi connectivity index (χ4n) is 5.22. The number of nitrogens with one attached hydrogen (secondary N) is 1. The van der Waals surface area contributed by atoms with Gasteiger partial charge < -0.3 is 19.9 Å². The molecule has 3 aromatic heterocycles.